The predicted octanol–water partition coefficient (Wildman–Crippen LogP) is 2.13. The Balaban J connectivity index is 0.00000196. The van der Waals surface area contributed by atoms with Gasteiger partial charge in [-0.1, -0.05) is 13.0 Å². The molecule has 0 unspecified atom stereocenters. The molecule has 0 spiro atoms. The van der Waals surface area contributed by atoms with Gasteiger partial charge in [-0.2, -0.15) is 0 Å². The molecule has 3 N–H and O–H groups in total. The van der Waals surface area contributed by atoms with E-state index in [1.54, 1.807) is 6.07 Å². The van der Waals surface area contributed by atoms with Crippen molar-refractivity contribution in [2.45, 2.75) is 19.4 Å². The minimum atomic E-state index is -0.624. The average molecular weight is 233 g/mol. The van der Waals surface area contributed by atoms with Crippen molar-refractivity contribution in [3.63, 3.8) is 0 Å². The first kappa shape index (κ1) is 13.7. The molecular formula is C9H13ClN2O3. The van der Waals surface area contributed by atoms with Crippen LogP contribution in [0.5, 0.6) is 5.75 Å². The number of phenols is 1. The number of phenolic OH excluding ortho intramolecular Hbond substituents is 1. The number of nitrogens with two attached hydrogens (primary N) is 1. The number of hydrogen-bond acceptors (Lipinski definition) is 4. The molecule has 0 saturated carbocycles. The Kier molecular flexibility index (Phi) is 5.04. The fraction of sp³-hybridized carbons (Fsp3) is 0.333. The van der Waals surface area contributed by atoms with E-state index in [9.17, 15) is 15.2 Å². The van der Waals surface area contributed by atoms with Gasteiger partial charge in [0, 0.05) is 12.1 Å². The predicted molar refractivity (Wildman–Crippen MR) is 59.2 cm³/mol. The Bertz CT molecular complexity index is 357. The van der Waals surface area contributed by atoms with Crippen molar-refractivity contribution in [1.29, 1.82) is 0 Å². The number of halogens is 1. The van der Waals surface area contributed by atoms with Crippen LogP contribution in [-0.4, -0.2) is 10.0 Å². The average Bonchev–Trinajstić information content (AvgIpc) is 2.17. The molecule has 0 bridgehead atoms. The molecule has 0 radical (unpaired) electrons. The summed E-state index contributed by atoms with van der Waals surface area (Å²) in [6.07, 6.45) is 0.696. The molecular weight excluding hydrogens is 220 g/mol. The fourth-order valence-electron chi connectivity index (χ4n) is 1.15. The van der Waals surface area contributed by atoms with Crippen molar-refractivity contribution >= 4 is 18.1 Å². The van der Waals surface area contributed by atoms with E-state index in [2.05, 4.69) is 0 Å². The normalized spacial score (nSPS) is 11.6. The van der Waals surface area contributed by atoms with E-state index < -0.39 is 4.92 Å². The Morgan fingerprint density at radius 2 is 2.20 bits per heavy atom. The van der Waals surface area contributed by atoms with Gasteiger partial charge in [0.2, 0.25) is 0 Å². The highest BCUT2D eigenvalue weighted by molar-refractivity contribution is 5.85. The second kappa shape index (κ2) is 5.53. The summed E-state index contributed by atoms with van der Waals surface area (Å²) in [6.45, 7) is 1.89. The number of aromatic hydroxyl groups is 1. The van der Waals surface area contributed by atoms with Gasteiger partial charge in [-0.05, 0) is 18.1 Å². The lowest BCUT2D eigenvalue weighted by molar-refractivity contribution is -0.385. The number of rotatable bonds is 3. The molecule has 6 heteroatoms. The first-order valence-corrected chi connectivity index (χ1v) is 4.29. The lowest BCUT2D eigenvalue weighted by Crippen LogP contribution is -2.08. The first-order chi connectivity index (χ1) is 6.56. The van der Waals surface area contributed by atoms with Gasteiger partial charge in [-0.3, -0.25) is 10.1 Å². The maximum absolute atomic E-state index is 10.5. The van der Waals surface area contributed by atoms with E-state index in [1.165, 1.54) is 12.1 Å². The third-order valence-electron chi connectivity index (χ3n) is 2.06. The molecule has 84 valence electrons. The lowest BCUT2D eigenvalue weighted by Gasteiger charge is -2.08. The maximum Gasteiger partial charge on any atom is 0.311 e. The summed E-state index contributed by atoms with van der Waals surface area (Å²) in [5.41, 5.74) is 6.07. The summed E-state index contributed by atoms with van der Waals surface area (Å²) in [6, 6.07) is 3.97. The van der Waals surface area contributed by atoms with Crippen LogP contribution in [-0.2, 0) is 0 Å². The second-order valence-corrected chi connectivity index (χ2v) is 3.02. The molecule has 1 rings (SSSR count). The Hall–Kier alpha value is -1.33. The van der Waals surface area contributed by atoms with Crippen LogP contribution in [0, 0.1) is 10.1 Å². The Morgan fingerprint density at radius 3 is 2.67 bits per heavy atom. The molecule has 5 nitrogen and oxygen atoms in total. The molecule has 1 atom stereocenters. The quantitative estimate of drug-likeness (QED) is 0.617. The molecule has 0 fully saturated rings. The van der Waals surface area contributed by atoms with E-state index in [1.807, 2.05) is 6.92 Å². The molecule has 0 aliphatic heterocycles. The van der Waals surface area contributed by atoms with Gasteiger partial charge in [0.25, 0.3) is 0 Å². The summed E-state index contributed by atoms with van der Waals surface area (Å²) in [5, 5.41) is 19.7. The number of nitro benzene ring substituents is 1. The van der Waals surface area contributed by atoms with Gasteiger partial charge >= 0.3 is 5.69 Å². The monoisotopic (exact) mass is 232 g/mol. The van der Waals surface area contributed by atoms with Crippen LogP contribution >= 0.6 is 12.4 Å². The lowest BCUT2D eigenvalue weighted by atomic mass is 10.0. The Morgan fingerprint density at radius 1 is 1.60 bits per heavy atom. The molecule has 0 amide bonds. The van der Waals surface area contributed by atoms with E-state index in [4.69, 9.17) is 5.73 Å². The van der Waals surface area contributed by atoms with Crippen LogP contribution in [0.1, 0.15) is 24.9 Å². The van der Waals surface area contributed by atoms with Crippen LogP contribution in [0.25, 0.3) is 0 Å². The van der Waals surface area contributed by atoms with Crippen molar-refractivity contribution < 1.29 is 10.0 Å². The number of benzene rings is 1. The van der Waals surface area contributed by atoms with Gasteiger partial charge < -0.3 is 10.8 Å². The molecule has 0 aromatic heterocycles. The third kappa shape index (κ3) is 3.07. The van der Waals surface area contributed by atoms with Crippen LogP contribution in [0.3, 0.4) is 0 Å². The highest BCUT2D eigenvalue weighted by Crippen LogP contribution is 2.28. The molecule has 15 heavy (non-hydrogen) atoms. The topological polar surface area (TPSA) is 89.4 Å². The Labute approximate surface area is 93.5 Å². The summed E-state index contributed by atoms with van der Waals surface area (Å²) in [7, 11) is 0. The summed E-state index contributed by atoms with van der Waals surface area (Å²) < 4.78 is 0. The summed E-state index contributed by atoms with van der Waals surface area (Å²) >= 11 is 0. The minimum absolute atomic E-state index is 0. The second-order valence-electron chi connectivity index (χ2n) is 3.02. The van der Waals surface area contributed by atoms with Crippen molar-refractivity contribution in [2.75, 3.05) is 0 Å². The third-order valence-corrected chi connectivity index (χ3v) is 2.06. The summed E-state index contributed by atoms with van der Waals surface area (Å²) in [4.78, 5) is 9.87. The fourth-order valence-corrected chi connectivity index (χ4v) is 1.15. The minimum Gasteiger partial charge on any atom is -0.502 e. The highest BCUT2D eigenvalue weighted by Gasteiger charge is 2.15. The number of nitrogens with zero attached hydrogens (tertiary/aromatic N) is 1. The van der Waals surface area contributed by atoms with Crippen LogP contribution in [0.15, 0.2) is 18.2 Å². The standard InChI is InChI=1S/C9H12N2O3.ClH/c1-2-7(10)6-3-4-9(12)8(5-6)11(13)14;/h3-5,7,12H,2,10H2,1H3;1H/t7-;/m0./s1. The van der Waals surface area contributed by atoms with Gasteiger partial charge in [0.15, 0.2) is 5.75 Å². The molecule has 0 saturated heterocycles. The smallest absolute Gasteiger partial charge is 0.311 e. The summed E-state index contributed by atoms with van der Waals surface area (Å²) in [5.74, 6) is -0.331. The largest absolute Gasteiger partial charge is 0.502 e. The van der Waals surface area contributed by atoms with Gasteiger partial charge in [0.05, 0.1) is 4.92 Å². The zero-order chi connectivity index (χ0) is 10.7. The maximum atomic E-state index is 10.5. The number of nitro groups is 1. The molecule has 0 aliphatic carbocycles. The van der Waals surface area contributed by atoms with Crippen molar-refractivity contribution in [3.05, 3.63) is 33.9 Å². The SMILES string of the molecule is CC[C@H](N)c1ccc(O)c([N+](=O)[O-])c1.Cl. The highest BCUT2D eigenvalue weighted by atomic mass is 35.5. The van der Waals surface area contributed by atoms with Crippen molar-refractivity contribution in [3.8, 4) is 5.75 Å². The molecule has 0 aliphatic rings. The van der Waals surface area contributed by atoms with Crippen molar-refractivity contribution in [1.82, 2.24) is 0 Å². The first-order valence-electron chi connectivity index (χ1n) is 4.29. The van der Waals surface area contributed by atoms with E-state index >= 15 is 0 Å². The van der Waals surface area contributed by atoms with Crippen LogP contribution in [0.2, 0.25) is 0 Å². The van der Waals surface area contributed by atoms with E-state index in [0.717, 1.165) is 0 Å². The zero-order valence-electron chi connectivity index (χ0n) is 8.21. The van der Waals surface area contributed by atoms with Crippen LogP contribution in [0.4, 0.5) is 5.69 Å². The van der Waals surface area contributed by atoms with E-state index in [-0.39, 0.29) is 29.9 Å². The van der Waals surface area contributed by atoms with E-state index in [0.29, 0.717) is 12.0 Å². The molecule has 1 aromatic carbocycles. The van der Waals surface area contributed by atoms with Gasteiger partial charge in [-0.25, -0.2) is 0 Å². The van der Waals surface area contributed by atoms with Crippen molar-refractivity contribution in [2.24, 2.45) is 5.73 Å². The van der Waals surface area contributed by atoms with Crippen LogP contribution < -0.4 is 5.73 Å². The number of hydrogen-bond donors (Lipinski definition) is 2. The van der Waals surface area contributed by atoms with Gasteiger partial charge in [-0.15, -0.1) is 12.4 Å². The van der Waals surface area contributed by atoms with Gasteiger partial charge in [0.1, 0.15) is 0 Å². The zero-order valence-corrected chi connectivity index (χ0v) is 9.03. The molecule has 0 heterocycles. The molecule has 1 aromatic rings.